The second-order valence-corrected chi connectivity index (χ2v) is 6.35. The van der Waals surface area contributed by atoms with E-state index < -0.39 is 0 Å². The van der Waals surface area contributed by atoms with E-state index in [0.29, 0.717) is 36.2 Å². The number of hydrogen-bond donors (Lipinski definition) is 1. The van der Waals surface area contributed by atoms with Crippen LogP contribution in [0.4, 0.5) is 5.69 Å². The van der Waals surface area contributed by atoms with Crippen LogP contribution in [0.15, 0.2) is 66.9 Å². The van der Waals surface area contributed by atoms with Crippen molar-refractivity contribution in [3.63, 3.8) is 0 Å². The first-order chi connectivity index (χ1) is 13.3. The van der Waals surface area contributed by atoms with Crippen LogP contribution in [0.5, 0.6) is 23.0 Å². The van der Waals surface area contributed by atoms with Gasteiger partial charge in [0.25, 0.3) is 0 Å². The van der Waals surface area contributed by atoms with Gasteiger partial charge in [0.05, 0.1) is 0 Å². The maximum absolute atomic E-state index is 6.04. The molecule has 2 aliphatic heterocycles. The van der Waals surface area contributed by atoms with Gasteiger partial charge in [-0.15, -0.1) is 0 Å². The molecule has 0 saturated carbocycles. The van der Waals surface area contributed by atoms with Gasteiger partial charge < -0.3 is 24.7 Å². The van der Waals surface area contributed by atoms with Gasteiger partial charge in [-0.25, -0.2) is 0 Å². The zero-order chi connectivity index (χ0) is 18.2. The van der Waals surface area contributed by atoms with Gasteiger partial charge in [0.1, 0.15) is 19.5 Å². The molecule has 2 heterocycles. The summed E-state index contributed by atoms with van der Waals surface area (Å²) < 4.78 is 23.1. The maximum Gasteiger partial charge on any atom is 0.170 e. The van der Waals surface area contributed by atoms with Crippen LogP contribution in [0, 0.1) is 0 Å². The van der Waals surface area contributed by atoms with E-state index >= 15 is 0 Å². The molecule has 0 unspecified atom stereocenters. The lowest BCUT2D eigenvalue weighted by Gasteiger charge is -2.22. The minimum atomic E-state index is 0.544. The highest BCUT2D eigenvalue weighted by Gasteiger charge is 2.19. The molecule has 5 nitrogen and oxygen atoms in total. The van der Waals surface area contributed by atoms with Gasteiger partial charge in [-0.3, -0.25) is 0 Å². The summed E-state index contributed by atoms with van der Waals surface area (Å²) in [7, 11) is 0. The first-order valence-corrected chi connectivity index (χ1v) is 8.71. The van der Waals surface area contributed by atoms with Crippen molar-refractivity contribution >= 4 is 11.4 Å². The summed E-state index contributed by atoms with van der Waals surface area (Å²) >= 11 is 0. The number of hydrogen-bond acceptors (Lipinski definition) is 5. The molecule has 0 saturated heterocycles. The van der Waals surface area contributed by atoms with E-state index in [-0.39, 0.29) is 0 Å². The minimum absolute atomic E-state index is 0.544. The van der Waals surface area contributed by atoms with Gasteiger partial charge >= 0.3 is 0 Å². The van der Waals surface area contributed by atoms with Crippen LogP contribution in [0.1, 0.15) is 5.56 Å². The molecule has 0 fully saturated rings. The summed E-state index contributed by atoms with van der Waals surface area (Å²) in [6.07, 6.45) is 1.61. The van der Waals surface area contributed by atoms with Crippen LogP contribution >= 0.6 is 0 Å². The standard InChI is InChI=1S/C22H17NO4/c23-17-3-1-2-14(10-17)15-4-7-19-21(11-15)26-13-22(27-19)16-5-6-18-20(12-16)25-9-8-24-18/h1-7,10-13H,8-9,23H2. The molecule has 2 N–H and O–H groups in total. The van der Waals surface area contributed by atoms with E-state index in [9.17, 15) is 0 Å². The van der Waals surface area contributed by atoms with E-state index in [1.165, 1.54) is 0 Å². The van der Waals surface area contributed by atoms with Crippen molar-refractivity contribution in [1.82, 2.24) is 0 Å². The SMILES string of the molecule is Nc1cccc(-c2ccc3c(c2)OC=C(c2ccc4c(c2)OCCO4)O3)c1. The first kappa shape index (κ1) is 15.6. The summed E-state index contributed by atoms with van der Waals surface area (Å²) in [6, 6.07) is 19.3. The molecule has 0 radical (unpaired) electrons. The fraction of sp³-hybridized carbons (Fsp3) is 0.0909. The summed E-state index contributed by atoms with van der Waals surface area (Å²) in [5, 5.41) is 0. The van der Waals surface area contributed by atoms with Crippen LogP contribution in [0.2, 0.25) is 0 Å². The number of fused-ring (bicyclic) bond motifs is 2. The molecular weight excluding hydrogens is 342 g/mol. The molecule has 27 heavy (non-hydrogen) atoms. The number of rotatable bonds is 2. The largest absolute Gasteiger partial charge is 0.486 e. The fourth-order valence-electron chi connectivity index (χ4n) is 3.17. The Balaban J connectivity index is 1.43. The molecule has 0 aliphatic carbocycles. The molecule has 2 aliphatic rings. The Morgan fingerprint density at radius 2 is 1.41 bits per heavy atom. The summed E-state index contributed by atoms with van der Waals surface area (Å²) in [4.78, 5) is 0. The van der Waals surface area contributed by atoms with Crippen LogP contribution in [-0.4, -0.2) is 13.2 Å². The quantitative estimate of drug-likeness (QED) is 0.684. The van der Waals surface area contributed by atoms with Gasteiger partial charge in [0.2, 0.25) is 0 Å². The van der Waals surface area contributed by atoms with Gasteiger partial charge in [-0.2, -0.15) is 0 Å². The van der Waals surface area contributed by atoms with Crippen LogP contribution in [-0.2, 0) is 0 Å². The molecule has 134 valence electrons. The van der Waals surface area contributed by atoms with Crippen molar-refractivity contribution in [1.29, 1.82) is 0 Å². The third-order valence-electron chi connectivity index (χ3n) is 4.50. The number of nitrogen functional groups attached to an aromatic ring is 1. The average molecular weight is 359 g/mol. The lowest BCUT2D eigenvalue weighted by atomic mass is 10.0. The molecule has 0 spiro atoms. The highest BCUT2D eigenvalue weighted by molar-refractivity contribution is 5.73. The number of ether oxygens (including phenoxy) is 4. The Bertz CT molecular complexity index is 1060. The van der Waals surface area contributed by atoms with Crippen molar-refractivity contribution in [2.75, 3.05) is 18.9 Å². The van der Waals surface area contributed by atoms with Gasteiger partial charge in [0.15, 0.2) is 28.8 Å². The van der Waals surface area contributed by atoms with E-state index in [2.05, 4.69) is 0 Å². The molecule has 0 atom stereocenters. The minimum Gasteiger partial charge on any atom is -0.486 e. The van der Waals surface area contributed by atoms with Crippen LogP contribution in [0.25, 0.3) is 16.9 Å². The van der Waals surface area contributed by atoms with Crippen molar-refractivity contribution in [2.45, 2.75) is 0 Å². The Morgan fingerprint density at radius 3 is 2.30 bits per heavy atom. The summed E-state index contributed by atoms with van der Waals surface area (Å²) in [5.74, 6) is 3.41. The highest BCUT2D eigenvalue weighted by Crippen LogP contribution is 2.40. The van der Waals surface area contributed by atoms with Crippen molar-refractivity contribution in [3.8, 4) is 34.1 Å². The van der Waals surface area contributed by atoms with Crippen molar-refractivity contribution < 1.29 is 18.9 Å². The molecule has 0 aromatic heterocycles. The second-order valence-electron chi connectivity index (χ2n) is 6.35. The molecule has 5 rings (SSSR count). The van der Waals surface area contributed by atoms with Gasteiger partial charge in [-0.05, 0) is 53.6 Å². The number of nitrogens with two attached hydrogens (primary N) is 1. The zero-order valence-corrected chi connectivity index (χ0v) is 14.5. The van der Waals surface area contributed by atoms with E-state index in [4.69, 9.17) is 24.7 Å². The van der Waals surface area contributed by atoms with Crippen LogP contribution < -0.4 is 24.7 Å². The van der Waals surface area contributed by atoms with Gasteiger partial charge in [-0.1, -0.05) is 18.2 Å². The predicted octanol–water partition coefficient (Wildman–Crippen LogP) is 4.48. The van der Waals surface area contributed by atoms with E-state index in [1.807, 2.05) is 60.7 Å². The Kier molecular flexibility index (Phi) is 3.64. The molecule has 5 heteroatoms. The Morgan fingerprint density at radius 1 is 0.667 bits per heavy atom. The van der Waals surface area contributed by atoms with E-state index in [0.717, 1.165) is 28.1 Å². The third-order valence-corrected chi connectivity index (χ3v) is 4.50. The lowest BCUT2D eigenvalue weighted by molar-refractivity contribution is 0.171. The smallest absolute Gasteiger partial charge is 0.170 e. The average Bonchev–Trinajstić information content (AvgIpc) is 2.72. The van der Waals surface area contributed by atoms with Crippen molar-refractivity contribution in [2.24, 2.45) is 0 Å². The number of anilines is 1. The Hall–Kier alpha value is -3.60. The lowest BCUT2D eigenvalue weighted by Crippen LogP contribution is -2.15. The van der Waals surface area contributed by atoms with Crippen molar-refractivity contribution in [3.05, 3.63) is 72.5 Å². The molecule has 0 bridgehead atoms. The summed E-state index contributed by atoms with van der Waals surface area (Å²) in [6.45, 7) is 1.11. The summed E-state index contributed by atoms with van der Waals surface area (Å²) in [5.41, 5.74) is 9.52. The zero-order valence-electron chi connectivity index (χ0n) is 14.5. The maximum atomic E-state index is 6.04. The first-order valence-electron chi connectivity index (χ1n) is 8.71. The second kappa shape index (κ2) is 6.29. The van der Waals surface area contributed by atoms with Gasteiger partial charge in [0, 0.05) is 11.3 Å². The normalized spacial score (nSPS) is 14.4. The monoisotopic (exact) mass is 359 g/mol. The fourth-order valence-corrected chi connectivity index (χ4v) is 3.17. The molecule has 3 aromatic rings. The molecular formula is C22H17NO4. The predicted molar refractivity (Wildman–Crippen MR) is 103 cm³/mol. The van der Waals surface area contributed by atoms with Crippen LogP contribution in [0.3, 0.4) is 0 Å². The highest BCUT2D eigenvalue weighted by atomic mass is 16.6. The topological polar surface area (TPSA) is 62.9 Å². The molecule has 0 amide bonds. The number of benzene rings is 3. The van der Waals surface area contributed by atoms with E-state index in [1.54, 1.807) is 6.26 Å². The molecule has 3 aromatic carbocycles. The third kappa shape index (κ3) is 2.93. The Labute approximate surface area is 156 Å².